The van der Waals surface area contributed by atoms with E-state index < -0.39 is 0 Å². The molecular formula is C23H29N5O2. The summed E-state index contributed by atoms with van der Waals surface area (Å²) < 4.78 is 2.16. The van der Waals surface area contributed by atoms with Gasteiger partial charge in [-0.2, -0.15) is 0 Å². The van der Waals surface area contributed by atoms with Gasteiger partial charge in [0.15, 0.2) is 0 Å². The number of nitrogens with zero attached hydrogens (tertiary/aromatic N) is 3. The third-order valence-electron chi connectivity index (χ3n) is 5.00. The second-order valence-electron chi connectivity index (χ2n) is 7.18. The summed E-state index contributed by atoms with van der Waals surface area (Å²) in [7, 11) is 1.77. The van der Waals surface area contributed by atoms with E-state index in [1.54, 1.807) is 11.9 Å². The van der Waals surface area contributed by atoms with Crippen molar-refractivity contribution in [3.8, 4) is 0 Å². The first-order chi connectivity index (χ1) is 14.6. The fourth-order valence-corrected chi connectivity index (χ4v) is 3.44. The van der Waals surface area contributed by atoms with E-state index >= 15 is 0 Å². The Morgan fingerprint density at radius 3 is 2.47 bits per heavy atom. The summed E-state index contributed by atoms with van der Waals surface area (Å²) in [6, 6.07) is 17.6. The van der Waals surface area contributed by atoms with Gasteiger partial charge < -0.3 is 20.1 Å². The molecule has 7 heteroatoms. The number of carbonyl (C=O) groups excluding carboxylic acids is 2. The average Bonchev–Trinajstić information content (AvgIpc) is 3.11. The number of aryl methyl sites for hydroxylation is 1. The number of aromatic nitrogens is 2. The molecule has 0 atom stereocenters. The molecule has 1 heterocycles. The Hall–Kier alpha value is -3.35. The average molecular weight is 408 g/mol. The maximum absolute atomic E-state index is 12.2. The maximum Gasteiger partial charge on any atom is 0.314 e. The quantitative estimate of drug-likeness (QED) is 0.572. The van der Waals surface area contributed by atoms with Gasteiger partial charge in [0.2, 0.25) is 5.91 Å². The van der Waals surface area contributed by atoms with Gasteiger partial charge in [-0.25, -0.2) is 9.78 Å². The Morgan fingerprint density at radius 1 is 1.00 bits per heavy atom. The van der Waals surface area contributed by atoms with E-state index in [0.29, 0.717) is 26.1 Å². The summed E-state index contributed by atoms with van der Waals surface area (Å²) in [6.45, 7) is 4.27. The van der Waals surface area contributed by atoms with Gasteiger partial charge in [-0.05, 0) is 24.6 Å². The highest BCUT2D eigenvalue weighted by molar-refractivity contribution is 5.78. The summed E-state index contributed by atoms with van der Waals surface area (Å²) >= 11 is 0. The van der Waals surface area contributed by atoms with Gasteiger partial charge in [0, 0.05) is 46.1 Å². The molecule has 0 radical (unpaired) electrons. The van der Waals surface area contributed by atoms with Crippen molar-refractivity contribution in [3.63, 3.8) is 0 Å². The highest BCUT2D eigenvalue weighted by Crippen LogP contribution is 2.16. The van der Waals surface area contributed by atoms with Crippen LogP contribution in [0.25, 0.3) is 11.0 Å². The van der Waals surface area contributed by atoms with Crippen LogP contribution in [-0.4, -0.2) is 46.5 Å². The molecule has 0 bridgehead atoms. The molecule has 0 fully saturated rings. The van der Waals surface area contributed by atoms with E-state index in [1.165, 1.54) is 0 Å². The number of hydrogen-bond donors (Lipinski definition) is 2. The van der Waals surface area contributed by atoms with Crippen molar-refractivity contribution in [2.45, 2.75) is 32.9 Å². The number of carbonyl (C=O) groups is 2. The molecule has 3 rings (SSSR count). The van der Waals surface area contributed by atoms with Gasteiger partial charge in [0.05, 0.1) is 11.0 Å². The highest BCUT2D eigenvalue weighted by Gasteiger charge is 2.11. The number of hydrogen-bond acceptors (Lipinski definition) is 3. The molecule has 0 spiro atoms. The zero-order chi connectivity index (χ0) is 21.3. The van der Waals surface area contributed by atoms with Crippen molar-refractivity contribution in [3.05, 3.63) is 66.0 Å². The van der Waals surface area contributed by atoms with Crippen LogP contribution >= 0.6 is 0 Å². The van der Waals surface area contributed by atoms with Gasteiger partial charge in [-0.3, -0.25) is 4.79 Å². The molecule has 1 aromatic heterocycles. The van der Waals surface area contributed by atoms with Crippen LogP contribution < -0.4 is 10.6 Å². The van der Waals surface area contributed by atoms with Gasteiger partial charge >= 0.3 is 6.03 Å². The number of rotatable bonds is 9. The second kappa shape index (κ2) is 10.4. The second-order valence-corrected chi connectivity index (χ2v) is 7.18. The summed E-state index contributed by atoms with van der Waals surface area (Å²) in [4.78, 5) is 30.6. The molecule has 0 saturated heterocycles. The number of para-hydroxylation sites is 2. The Kier molecular flexibility index (Phi) is 7.43. The Labute approximate surface area is 177 Å². The van der Waals surface area contributed by atoms with E-state index in [2.05, 4.69) is 33.2 Å². The SMILES string of the molecule is CCn1c(CCNC(=O)NCCC(=O)N(C)Cc2ccccc2)nc2ccccc21. The van der Waals surface area contributed by atoms with Crippen LogP contribution in [0.4, 0.5) is 4.79 Å². The molecular weight excluding hydrogens is 378 g/mol. The monoisotopic (exact) mass is 407 g/mol. The third kappa shape index (κ3) is 5.59. The van der Waals surface area contributed by atoms with E-state index in [9.17, 15) is 9.59 Å². The van der Waals surface area contributed by atoms with Crippen LogP contribution in [0.3, 0.4) is 0 Å². The third-order valence-corrected chi connectivity index (χ3v) is 5.00. The molecule has 0 aliphatic heterocycles. The first-order valence-corrected chi connectivity index (χ1v) is 10.3. The van der Waals surface area contributed by atoms with Crippen LogP contribution in [0, 0.1) is 0 Å². The van der Waals surface area contributed by atoms with E-state index in [4.69, 9.17) is 0 Å². The molecule has 3 amide bonds. The summed E-state index contributed by atoms with van der Waals surface area (Å²) in [6.07, 6.45) is 0.914. The zero-order valence-electron chi connectivity index (χ0n) is 17.6. The summed E-state index contributed by atoms with van der Waals surface area (Å²) in [5, 5.41) is 5.59. The van der Waals surface area contributed by atoms with Crippen LogP contribution in [-0.2, 0) is 24.3 Å². The van der Waals surface area contributed by atoms with Crippen LogP contribution in [0.5, 0.6) is 0 Å². The van der Waals surface area contributed by atoms with Crippen molar-refractivity contribution in [1.82, 2.24) is 25.1 Å². The van der Waals surface area contributed by atoms with Crippen molar-refractivity contribution >= 4 is 23.0 Å². The minimum atomic E-state index is -0.271. The van der Waals surface area contributed by atoms with Crippen molar-refractivity contribution in [2.75, 3.05) is 20.1 Å². The highest BCUT2D eigenvalue weighted by atomic mass is 16.2. The molecule has 0 aliphatic carbocycles. The maximum atomic E-state index is 12.2. The molecule has 2 N–H and O–H groups in total. The number of urea groups is 1. The number of amides is 3. The van der Waals surface area contributed by atoms with E-state index in [-0.39, 0.29) is 18.4 Å². The molecule has 158 valence electrons. The Bertz CT molecular complexity index is 984. The summed E-state index contributed by atoms with van der Waals surface area (Å²) in [5.74, 6) is 0.951. The minimum Gasteiger partial charge on any atom is -0.341 e. The van der Waals surface area contributed by atoms with E-state index in [0.717, 1.165) is 29.0 Å². The van der Waals surface area contributed by atoms with Crippen molar-refractivity contribution in [1.29, 1.82) is 0 Å². The fourth-order valence-electron chi connectivity index (χ4n) is 3.44. The molecule has 3 aromatic rings. The Balaban J connectivity index is 1.37. The van der Waals surface area contributed by atoms with Crippen LogP contribution in [0.1, 0.15) is 24.7 Å². The molecule has 0 saturated carbocycles. The number of fused-ring (bicyclic) bond motifs is 1. The largest absolute Gasteiger partial charge is 0.341 e. The van der Waals surface area contributed by atoms with Crippen LogP contribution in [0.2, 0.25) is 0 Å². The first kappa shape index (κ1) is 21.4. The van der Waals surface area contributed by atoms with Crippen molar-refractivity contribution in [2.24, 2.45) is 0 Å². The summed E-state index contributed by atoms with van der Waals surface area (Å²) in [5.41, 5.74) is 3.16. The lowest BCUT2D eigenvalue weighted by Crippen LogP contribution is -2.39. The molecule has 2 aromatic carbocycles. The molecule has 30 heavy (non-hydrogen) atoms. The lowest BCUT2D eigenvalue weighted by atomic mass is 10.2. The zero-order valence-corrected chi connectivity index (χ0v) is 17.6. The topological polar surface area (TPSA) is 79.3 Å². The predicted molar refractivity (Wildman–Crippen MR) is 118 cm³/mol. The smallest absolute Gasteiger partial charge is 0.314 e. The number of benzene rings is 2. The molecule has 0 aliphatic rings. The van der Waals surface area contributed by atoms with Crippen molar-refractivity contribution < 1.29 is 9.59 Å². The van der Waals surface area contributed by atoms with Crippen LogP contribution in [0.15, 0.2) is 54.6 Å². The Morgan fingerprint density at radius 2 is 1.70 bits per heavy atom. The number of nitrogens with one attached hydrogen (secondary N) is 2. The van der Waals surface area contributed by atoms with Gasteiger partial charge in [0.25, 0.3) is 0 Å². The minimum absolute atomic E-state index is 0.00387. The van der Waals surface area contributed by atoms with Gasteiger partial charge in [-0.1, -0.05) is 42.5 Å². The first-order valence-electron chi connectivity index (χ1n) is 10.3. The van der Waals surface area contributed by atoms with Gasteiger partial charge in [0.1, 0.15) is 5.82 Å². The molecule has 7 nitrogen and oxygen atoms in total. The normalized spacial score (nSPS) is 10.7. The lowest BCUT2D eigenvalue weighted by Gasteiger charge is -2.17. The lowest BCUT2D eigenvalue weighted by molar-refractivity contribution is -0.130. The number of imidazole rings is 1. The fraction of sp³-hybridized carbons (Fsp3) is 0.348. The molecule has 0 unspecified atom stereocenters. The standard InChI is InChI=1S/C23H29N5O2/c1-3-28-20-12-8-7-11-19(20)26-21(28)13-15-24-23(30)25-16-14-22(29)27(2)17-18-9-5-4-6-10-18/h4-12H,3,13-17H2,1-2H3,(H2,24,25,30). The predicted octanol–water partition coefficient (Wildman–Crippen LogP) is 2.95. The van der Waals surface area contributed by atoms with Gasteiger partial charge in [-0.15, -0.1) is 0 Å². The van der Waals surface area contributed by atoms with E-state index in [1.807, 2.05) is 48.5 Å².